The molecule has 1 aromatic carbocycles. The maximum absolute atomic E-state index is 13.0. The number of benzene rings is 1. The first-order chi connectivity index (χ1) is 14.4. The number of aryl methyl sites for hydroxylation is 2. The van der Waals surface area contributed by atoms with E-state index in [1.165, 1.54) is 0 Å². The first-order valence-corrected chi connectivity index (χ1v) is 10.4. The highest BCUT2D eigenvalue weighted by Gasteiger charge is 2.24. The molecule has 1 saturated heterocycles. The van der Waals surface area contributed by atoms with Gasteiger partial charge in [-0.2, -0.15) is 5.10 Å². The van der Waals surface area contributed by atoms with Crippen molar-refractivity contribution >= 4 is 23.5 Å². The Morgan fingerprint density at radius 1 is 1.07 bits per heavy atom. The van der Waals surface area contributed by atoms with E-state index >= 15 is 0 Å². The fourth-order valence-corrected chi connectivity index (χ4v) is 3.94. The topological polar surface area (TPSA) is 67.2 Å². The number of rotatable bonds is 4. The number of carbonyl (C=O) groups is 1. The molecule has 0 bridgehead atoms. The highest BCUT2D eigenvalue weighted by molar-refractivity contribution is 6.31. The summed E-state index contributed by atoms with van der Waals surface area (Å²) in [5, 5.41) is 5.37. The lowest BCUT2D eigenvalue weighted by Crippen LogP contribution is -2.49. The summed E-state index contributed by atoms with van der Waals surface area (Å²) >= 11 is 6.29. The third-order valence-corrected chi connectivity index (χ3v) is 6.04. The van der Waals surface area contributed by atoms with Crippen molar-refractivity contribution in [1.82, 2.24) is 24.6 Å². The summed E-state index contributed by atoms with van der Waals surface area (Å²) in [6, 6.07) is 7.69. The number of halogens is 1. The molecule has 0 unspecified atom stereocenters. The summed E-state index contributed by atoms with van der Waals surface area (Å²) < 4.78 is 1.87. The molecular weight excluding hydrogens is 400 g/mol. The first-order valence-electron chi connectivity index (χ1n) is 10.1. The molecule has 0 spiro atoms. The van der Waals surface area contributed by atoms with Crippen LogP contribution in [-0.2, 0) is 11.2 Å². The molecule has 30 heavy (non-hydrogen) atoms. The Morgan fingerprint density at radius 3 is 2.43 bits per heavy atom. The Balaban J connectivity index is 1.45. The molecule has 3 heterocycles. The van der Waals surface area contributed by atoms with Crippen molar-refractivity contribution < 1.29 is 4.79 Å². The van der Waals surface area contributed by atoms with Crippen molar-refractivity contribution in [2.45, 2.75) is 27.2 Å². The van der Waals surface area contributed by atoms with E-state index in [2.05, 4.69) is 20.0 Å². The minimum absolute atomic E-state index is 0.122. The number of amides is 1. The van der Waals surface area contributed by atoms with Gasteiger partial charge in [0.2, 0.25) is 11.9 Å². The van der Waals surface area contributed by atoms with Crippen LogP contribution in [0.25, 0.3) is 5.69 Å². The molecule has 1 amide bonds. The third kappa shape index (κ3) is 4.03. The number of piperazine rings is 1. The van der Waals surface area contributed by atoms with Gasteiger partial charge in [0, 0.05) is 54.9 Å². The summed E-state index contributed by atoms with van der Waals surface area (Å²) in [5.41, 5.74) is 4.75. The monoisotopic (exact) mass is 424 g/mol. The fraction of sp³-hybridized carbons (Fsp3) is 0.364. The van der Waals surface area contributed by atoms with Crippen LogP contribution in [0.15, 0.2) is 36.7 Å². The fourth-order valence-electron chi connectivity index (χ4n) is 3.77. The largest absolute Gasteiger partial charge is 0.339 e. The van der Waals surface area contributed by atoms with Gasteiger partial charge in [0.15, 0.2) is 0 Å². The van der Waals surface area contributed by atoms with E-state index in [4.69, 9.17) is 11.6 Å². The second kappa shape index (κ2) is 8.44. The van der Waals surface area contributed by atoms with Gasteiger partial charge in [0.25, 0.3) is 0 Å². The molecule has 2 aromatic heterocycles. The second-order valence-electron chi connectivity index (χ2n) is 7.59. The Kier molecular flexibility index (Phi) is 5.72. The SMILES string of the molecule is Cc1ccc(-n2nc(C)c(CC(=O)N3CCN(c4ncccn4)CC3)c2C)cc1Cl. The lowest BCUT2D eigenvalue weighted by atomic mass is 10.1. The molecule has 0 N–H and O–H groups in total. The zero-order chi connectivity index (χ0) is 21.3. The zero-order valence-electron chi connectivity index (χ0n) is 17.5. The Morgan fingerprint density at radius 2 is 1.77 bits per heavy atom. The quantitative estimate of drug-likeness (QED) is 0.643. The van der Waals surface area contributed by atoms with E-state index in [0.717, 1.165) is 41.3 Å². The van der Waals surface area contributed by atoms with E-state index in [9.17, 15) is 4.79 Å². The standard InChI is InChI=1S/C22H25ClN6O/c1-15-5-6-18(13-20(15)23)29-17(3)19(16(2)26-29)14-21(30)27-9-11-28(12-10-27)22-24-7-4-8-25-22/h4-8,13H,9-12,14H2,1-3H3. The van der Waals surface area contributed by atoms with Crippen LogP contribution in [0.4, 0.5) is 5.95 Å². The highest BCUT2D eigenvalue weighted by atomic mass is 35.5. The summed E-state index contributed by atoms with van der Waals surface area (Å²) in [6.45, 7) is 8.71. The number of aromatic nitrogens is 4. The molecule has 0 aliphatic carbocycles. The molecule has 1 aliphatic heterocycles. The average molecular weight is 425 g/mol. The molecule has 0 atom stereocenters. The zero-order valence-corrected chi connectivity index (χ0v) is 18.2. The highest BCUT2D eigenvalue weighted by Crippen LogP contribution is 2.23. The van der Waals surface area contributed by atoms with Crippen LogP contribution in [0, 0.1) is 20.8 Å². The van der Waals surface area contributed by atoms with Crippen LogP contribution in [0.2, 0.25) is 5.02 Å². The molecule has 156 valence electrons. The molecule has 8 heteroatoms. The number of nitrogens with zero attached hydrogens (tertiary/aromatic N) is 6. The Labute approximate surface area is 181 Å². The molecule has 0 radical (unpaired) electrons. The molecule has 0 saturated carbocycles. The second-order valence-corrected chi connectivity index (χ2v) is 8.00. The third-order valence-electron chi connectivity index (χ3n) is 5.64. The summed E-state index contributed by atoms with van der Waals surface area (Å²) in [6.07, 6.45) is 3.83. The minimum Gasteiger partial charge on any atom is -0.339 e. The van der Waals surface area contributed by atoms with Gasteiger partial charge in [0.1, 0.15) is 0 Å². The smallest absolute Gasteiger partial charge is 0.227 e. The van der Waals surface area contributed by atoms with E-state index in [0.29, 0.717) is 30.5 Å². The van der Waals surface area contributed by atoms with E-state index < -0.39 is 0 Å². The van der Waals surface area contributed by atoms with Crippen molar-refractivity contribution in [1.29, 1.82) is 0 Å². The van der Waals surface area contributed by atoms with Gasteiger partial charge in [-0.1, -0.05) is 17.7 Å². The number of hydrogen-bond donors (Lipinski definition) is 0. The first kappa shape index (κ1) is 20.3. The van der Waals surface area contributed by atoms with Crippen molar-refractivity contribution in [2.24, 2.45) is 0 Å². The summed E-state index contributed by atoms with van der Waals surface area (Å²) in [4.78, 5) is 25.6. The summed E-state index contributed by atoms with van der Waals surface area (Å²) in [5.74, 6) is 0.839. The lowest BCUT2D eigenvalue weighted by molar-refractivity contribution is -0.130. The maximum atomic E-state index is 13.0. The molecule has 1 fully saturated rings. The van der Waals surface area contributed by atoms with Crippen molar-refractivity contribution in [3.05, 3.63) is 64.2 Å². The molecule has 4 rings (SSSR count). The van der Waals surface area contributed by atoms with Gasteiger partial charge < -0.3 is 9.80 Å². The molecule has 1 aliphatic rings. The van der Waals surface area contributed by atoms with E-state index in [-0.39, 0.29) is 5.91 Å². The van der Waals surface area contributed by atoms with Crippen LogP contribution in [-0.4, -0.2) is 56.7 Å². The van der Waals surface area contributed by atoms with Crippen LogP contribution in [0.5, 0.6) is 0 Å². The van der Waals surface area contributed by atoms with E-state index in [1.54, 1.807) is 18.5 Å². The van der Waals surface area contributed by atoms with Crippen molar-refractivity contribution in [3.8, 4) is 5.69 Å². The maximum Gasteiger partial charge on any atom is 0.227 e. The lowest BCUT2D eigenvalue weighted by Gasteiger charge is -2.34. The van der Waals surface area contributed by atoms with Crippen LogP contribution >= 0.6 is 11.6 Å². The molecule has 7 nitrogen and oxygen atoms in total. The van der Waals surface area contributed by atoms with E-state index in [1.807, 2.05) is 48.6 Å². The van der Waals surface area contributed by atoms with Crippen molar-refractivity contribution in [2.75, 3.05) is 31.1 Å². The normalized spacial score (nSPS) is 14.3. The van der Waals surface area contributed by atoms with Gasteiger partial charge in [-0.3, -0.25) is 4.79 Å². The van der Waals surface area contributed by atoms with Gasteiger partial charge in [-0.05, 0) is 44.5 Å². The Hall–Kier alpha value is -2.93. The number of hydrogen-bond acceptors (Lipinski definition) is 5. The van der Waals surface area contributed by atoms with Crippen LogP contribution in [0.3, 0.4) is 0 Å². The predicted octanol–water partition coefficient (Wildman–Crippen LogP) is 3.13. The molecular formula is C22H25ClN6O. The van der Waals surface area contributed by atoms with Gasteiger partial charge in [-0.15, -0.1) is 0 Å². The van der Waals surface area contributed by atoms with Gasteiger partial charge >= 0.3 is 0 Å². The van der Waals surface area contributed by atoms with Crippen LogP contribution in [0.1, 0.15) is 22.5 Å². The number of anilines is 1. The van der Waals surface area contributed by atoms with Gasteiger partial charge in [-0.25, -0.2) is 14.6 Å². The average Bonchev–Trinajstić information content (AvgIpc) is 3.04. The Bertz CT molecular complexity index is 1060. The molecule has 3 aromatic rings. The predicted molar refractivity (Wildman–Crippen MR) is 117 cm³/mol. The van der Waals surface area contributed by atoms with Crippen molar-refractivity contribution in [3.63, 3.8) is 0 Å². The number of carbonyl (C=O) groups excluding carboxylic acids is 1. The minimum atomic E-state index is 0.122. The van der Waals surface area contributed by atoms with Gasteiger partial charge in [0.05, 0.1) is 17.8 Å². The van der Waals surface area contributed by atoms with Crippen LogP contribution < -0.4 is 4.90 Å². The summed E-state index contributed by atoms with van der Waals surface area (Å²) in [7, 11) is 0.